The van der Waals surface area contributed by atoms with E-state index in [0.29, 0.717) is 17.4 Å². The van der Waals surface area contributed by atoms with E-state index in [-0.39, 0.29) is 30.0 Å². The molecule has 7 heteroatoms. The fourth-order valence-electron chi connectivity index (χ4n) is 4.11. The second-order valence-corrected chi connectivity index (χ2v) is 8.83. The first kappa shape index (κ1) is 22.8. The number of aromatic nitrogens is 2. The summed E-state index contributed by atoms with van der Waals surface area (Å²) in [6.45, 7) is 10.1. The molecule has 0 aliphatic heterocycles. The Balaban J connectivity index is 2.04. The molecule has 168 valence electrons. The minimum atomic E-state index is -0.487. The standard InChI is InChI=1S/C24H34N4O3/c1-6-31-24(30)20-14-27(19-12-9-17(5)21(25)13-19)26-22(20)28(15(2)3)23(29)18-10-7-16(4)8-11-18/h9,12-16,18H,6-8,10-11,25H2,1-5H3. The molecule has 1 aliphatic carbocycles. The van der Waals surface area contributed by atoms with E-state index in [1.807, 2.05) is 39.0 Å². The third kappa shape index (κ3) is 4.92. The van der Waals surface area contributed by atoms with Crippen molar-refractivity contribution in [2.45, 2.75) is 66.3 Å². The van der Waals surface area contributed by atoms with Crippen molar-refractivity contribution in [3.8, 4) is 5.69 Å². The van der Waals surface area contributed by atoms with Gasteiger partial charge < -0.3 is 10.5 Å². The Labute approximate surface area is 184 Å². The van der Waals surface area contributed by atoms with Crippen LogP contribution in [0.1, 0.15) is 69.3 Å². The van der Waals surface area contributed by atoms with Gasteiger partial charge in [-0.05, 0) is 77.0 Å². The van der Waals surface area contributed by atoms with Gasteiger partial charge in [0, 0.05) is 23.8 Å². The monoisotopic (exact) mass is 426 g/mol. The number of carbonyl (C=O) groups is 2. The SMILES string of the molecule is CCOC(=O)c1cn(-c2ccc(C)c(N)c2)nc1N(C(=O)C1CCC(C)CC1)C(C)C. The van der Waals surface area contributed by atoms with Crippen LogP contribution in [0.25, 0.3) is 5.69 Å². The van der Waals surface area contributed by atoms with E-state index in [2.05, 4.69) is 12.0 Å². The van der Waals surface area contributed by atoms with Gasteiger partial charge in [-0.3, -0.25) is 9.69 Å². The normalized spacial score (nSPS) is 18.8. The number of nitrogens with zero attached hydrogens (tertiary/aromatic N) is 3. The van der Waals surface area contributed by atoms with Crippen molar-refractivity contribution in [1.82, 2.24) is 9.78 Å². The molecule has 1 fully saturated rings. The Hall–Kier alpha value is -2.83. The van der Waals surface area contributed by atoms with Gasteiger partial charge in [0.1, 0.15) is 5.56 Å². The van der Waals surface area contributed by atoms with Crippen molar-refractivity contribution >= 4 is 23.4 Å². The van der Waals surface area contributed by atoms with Crippen molar-refractivity contribution in [3.63, 3.8) is 0 Å². The number of ether oxygens (including phenoxy) is 1. The maximum Gasteiger partial charge on any atom is 0.343 e. The molecule has 31 heavy (non-hydrogen) atoms. The van der Waals surface area contributed by atoms with Gasteiger partial charge in [0.15, 0.2) is 5.82 Å². The quantitative estimate of drug-likeness (QED) is 0.542. The van der Waals surface area contributed by atoms with Crippen LogP contribution in [0.3, 0.4) is 0 Å². The molecule has 1 aromatic carbocycles. The Kier molecular flexibility index (Phi) is 7.03. The highest BCUT2D eigenvalue weighted by atomic mass is 16.5. The van der Waals surface area contributed by atoms with Crippen molar-refractivity contribution < 1.29 is 14.3 Å². The summed E-state index contributed by atoms with van der Waals surface area (Å²) in [6.07, 6.45) is 5.46. The molecule has 7 nitrogen and oxygen atoms in total. The Morgan fingerprint density at radius 3 is 2.52 bits per heavy atom. The topological polar surface area (TPSA) is 90.4 Å². The van der Waals surface area contributed by atoms with Gasteiger partial charge in [-0.2, -0.15) is 0 Å². The third-order valence-corrected chi connectivity index (χ3v) is 6.06. The predicted octanol–water partition coefficient (Wildman–Crippen LogP) is 4.51. The number of esters is 1. The molecule has 2 aromatic rings. The molecule has 0 unspecified atom stereocenters. The van der Waals surface area contributed by atoms with Crippen LogP contribution >= 0.6 is 0 Å². The minimum absolute atomic E-state index is 0.0288. The minimum Gasteiger partial charge on any atom is -0.462 e. The maximum absolute atomic E-state index is 13.5. The molecule has 1 amide bonds. The number of aryl methyl sites for hydroxylation is 1. The summed E-state index contributed by atoms with van der Waals surface area (Å²) < 4.78 is 6.88. The van der Waals surface area contributed by atoms with Crippen LogP contribution in [0.4, 0.5) is 11.5 Å². The van der Waals surface area contributed by atoms with Crippen molar-refractivity contribution in [2.75, 3.05) is 17.2 Å². The molecular formula is C24H34N4O3. The number of hydrogen-bond acceptors (Lipinski definition) is 5. The van der Waals surface area contributed by atoms with E-state index < -0.39 is 5.97 Å². The average molecular weight is 427 g/mol. The zero-order valence-electron chi connectivity index (χ0n) is 19.2. The van der Waals surface area contributed by atoms with Gasteiger partial charge in [0.25, 0.3) is 0 Å². The van der Waals surface area contributed by atoms with Gasteiger partial charge in [-0.25, -0.2) is 9.48 Å². The van der Waals surface area contributed by atoms with E-state index in [1.54, 1.807) is 22.7 Å². The molecular weight excluding hydrogens is 392 g/mol. The number of benzene rings is 1. The van der Waals surface area contributed by atoms with E-state index in [1.165, 1.54) is 0 Å². The number of anilines is 2. The molecule has 0 atom stereocenters. The maximum atomic E-state index is 13.5. The number of nitrogen functional groups attached to an aromatic ring is 1. The van der Waals surface area contributed by atoms with E-state index >= 15 is 0 Å². The number of amides is 1. The molecule has 1 saturated carbocycles. The summed E-state index contributed by atoms with van der Waals surface area (Å²) in [6, 6.07) is 5.46. The summed E-state index contributed by atoms with van der Waals surface area (Å²) in [7, 11) is 0. The third-order valence-electron chi connectivity index (χ3n) is 6.06. The van der Waals surface area contributed by atoms with E-state index in [9.17, 15) is 9.59 Å². The van der Waals surface area contributed by atoms with Crippen molar-refractivity contribution in [2.24, 2.45) is 11.8 Å². The average Bonchev–Trinajstić information content (AvgIpc) is 3.15. The fourth-order valence-corrected chi connectivity index (χ4v) is 4.11. The molecule has 0 radical (unpaired) electrons. The van der Waals surface area contributed by atoms with Crippen LogP contribution in [0, 0.1) is 18.8 Å². The van der Waals surface area contributed by atoms with E-state index in [4.69, 9.17) is 10.5 Å². The van der Waals surface area contributed by atoms with Crippen LogP contribution in [0.15, 0.2) is 24.4 Å². The lowest BCUT2D eigenvalue weighted by Crippen LogP contribution is -2.43. The van der Waals surface area contributed by atoms with Gasteiger partial charge in [-0.1, -0.05) is 13.0 Å². The van der Waals surface area contributed by atoms with E-state index in [0.717, 1.165) is 36.9 Å². The highest BCUT2D eigenvalue weighted by Gasteiger charge is 2.34. The van der Waals surface area contributed by atoms with Crippen LogP contribution in [-0.2, 0) is 9.53 Å². The fraction of sp³-hybridized carbons (Fsp3) is 0.542. The zero-order valence-corrected chi connectivity index (χ0v) is 19.2. The molecule has 0 spiro atoms. The summed E-state index contributed by atoms with van der Waals surface area (Å²) in [5.74, 6) is 0.489. The lowest BCUT2D eigenvalue weighted by molar-refractivity contribution is -0.123. The summed E-state index contributed by atoms with van der Waals surface area (Å²) in [5.41, 5.74) is 8.69. The van der Waals surface area contributed by atoms with Gasteiger partial charge in [0.05, 0.1) is 12.3 Å². The summed E-state index contributed by atoms with van der Waals surface area (Å²) >= 11 is 0. The molecule has 1 aromatic heterocycles. The number of rotatable bonds is 6. The van der Waals surface area contributed by atoms with Gasteiger partial charge in [-0.15, -0.1) is 5.10 Å². The second-order valence-electron chi connectivity index (χ2n) is 8.83. The van der Waals surface area contributed by atoms with Gasteiger partial charge in [0.2, 0.25) is 5.91 Å². The predicted molar refractivity (Wildman–Crippen MR) is 122 cm³/mol. The van der Waals surface area contributed by atoms with Crippen LogP contribution in [0.2, 0.25) is 0 Å². The molecule has 0 bridgehead atoms. The first-order chi connectivity index (χ1) is 14.7. The van der Waals surface area contributed by atoms with Crippen LogP contribution < -0.4 is 10.6 Å². The zero-order chi connectivity index (χ0) is 22.7. The first-order valence-electron chi connectivity index (χ1n) is 11.2. The lowest BCUT2D eigenvalue weighted by Gasteiger charge is -2.32. The number of nitrogens with two attached hydrogens (primary N) is 1. The van der Waals surface area contributed by atoms with Gasteiger partial charge >= 0.3 is 5.97 Å². The Morgan fingerprint density at radius 1 is 1.26 bits per heavy atom. The summed E-state index contributed by atoms with van der Waals surface area (Å²) in [5, 5.41) is 4.67. The molecule has 2 N–H and O–H groups in total. The molecule has 3 rings (SSSR count). The molecule has 1 aliphatic rings. The highest BCUT2D eigenvalue weighted by Crippen LogP contribution is 2.33. The first-order valence-corrected chi connectivity index (χ1v) is 11.2. The lowest BCUT2D eigenvalue weighted by atomic mass is 9.82. The second kappa shape index (κ2) is 9.54. The van der Waals surface area contributed by atoms with Crippen LogP contribution in [-0.4, -0.2) is 34.3 Å². The molecule has 1 heterocycles. The highest BCUT2D eigenvalue weighted by molar-refractivity contribution is 6.02. The largest absolute Gasteiger partial charge is 0.462 e. The number of hydrogen-bond donors (Lipinski definition) is 1. The Bertz CT molecular complexity index is 942. The number of carbonyl (C=O) groups excluding carboxylic acids is 2. The van der Waals surface area contributed by atoms with Crippen molar-refractivity contribution in [3.05, 3.63) is 35.5 Å². The smallest absolute Gasteiger partial charge is 0.343 e. The van der Waals surface area contributed by atoms with Crippen molar-refractivity contribution in [1.29, 1.82) is 0 Å². The van der Waals surface area contributed by atoms with Crippen LogP contribution in [0.5, 0.6) is 0 Å². The summed E-state index contributed by atoms with van der Waals surface area (Å²) in [4.78, 5) is 28.0. The molecule has 0 saturated heterocycles. The Morgan fingerprint density at radius 2 is 1.94 bits per heavy atom.